The summed E-state index contributed by atoms with van der Waals surface area (Å²) in [6.45, 7) is 4.32. The van der Waals surface area contributed by atoms with E-state index in [1.807, 2.05) is 36.4 Å². The monoisotopic (exact) mass is 467 g/mol. The maximum atomic E-state index is 11.2. The first-order chi connectivity index (χ1) is 16.7. The van der Waals surface area contributed by atoms with Gasteiger partial charge in [0.1, 0.15) is 0 Å². The summed E-state index contributed by atoms with van der Waals surface area (Å²) in [7, 11) is 2.13. The molecule has 1 aliphatic carbocycles. The van der Waals surface area contributed by atoms with Gasteiger partial charge in [-0.25, -0.2) is 0 Å². The number of likely N-dealkylation sites (N-methyl/N-ethyl adjacent to an activating group) is 1. The van der Waals surface area contributed by atoms with E-state index in [1.54, 1.807) is 0 Å². The van der Waals surface area contributed by atoms with Gasteiger partial charge in [0.15, 0.2) is 0 Å². The summed E-state index contributed by atoms with van der Waals surface area (Å²) < 4.78 is 12.6. The summed E-state index contributed by atoms with van der Waals surface area (Å²) in [6, 6.07) is 20.4. The van der Waals surface area contributed by atoms with E-state index in [-0.39, 0.29) is 18.2 Å². The maximum Gasteiger partial charge on any atom is 0.0982 e. The third kappa shape index (κ3) is 8.81. The largest absolute Gasteiger partial charge is 0.389 e. The lowest BCUT2D eigenvalue weighted by Gasteiger charge is -2.32. The summed E-state index contributed by atoms with van der Waals surface area (Å²) in [5.41, 5.74) is 2.29. The highest BCUT2D eigenvalue weighted by molar-refractivity contribution is 5.14. The molecular weight excluding hydrogens is 422 g/mol. The molecule has 4 atom stereocenters. The maximum absolute atomic E-state index is 11.2. The van der Waals surface area contributed by atoms with Crippen molar-refractivity contribution in [1.82, 2.24) is 4.90 Å². The van der Waals surface area contributed by atoms with Crippen LogP contribution in [0.2, 0.25) is 0 Å². The van der Waals surface area contributed by atoms with E-state index in [0.29, 0.717) is 19.6 Å². The first-order valence-corrected chi connectivity index (χ1v) is 13.4. The SMILES string of the molecule is CCCCCCCCCCN(C)[C@@H]1[C@@H](O)[C@@H](OCc2ccccc2)C[C@H]1OCc1ccccc1. The minimum atomic E-state index is -0.552. The molecule has 0 radical (unpaired) electrons. The van der Waals surface area contributed by atoms with Gasteiger partial charge in [0.25, 0.3) is 0 Å². The molecule has 1 saturated carbocycles. The van der Waals surface area contributed by atoms with Gasteiger partial charge in [-0.1, -0.05) is 113 Å². The number of aliphatic hydroxyl groups excluding tert-OH is 1. The van der Waals surface area contributed by atoms with Crippen molar-refractivity contribution in [2.45, 2.75) is 102 Å². The zero-order valence-electron chi connectivity index (χ0n) is 21.3. The van der Waals surface area contributed by atoms with Gasteiger partial charge in [-0.2, -0.15) is 0 Å². The Hall–Kier alpha value is -1.72. The lowest BCUT2D eigenvalue weighted by atomic mass is 10.1. The molecule has 188 valence electrons. The normalized spacial score (nSPS) is 22.5. The zero-order chi connectivity index (χ0) is 24.0. The van der Waals surface area contributed by atoms with E-state index in [9.17, 15) is 5.11 Å². The molecule has 0 heterocycles. The van der Waals surface area contributed by atoms with E-state index in [4.69, 9.17) is 9.47 Å². The van der Waals surface area contributed by atoms with Crippen LogP contribution in [-0.4, -0.2) is 48.0 Å². The molecule has 3 rings (SSSR count). The first-order valence-electron chi connectivity index (χ1n) is 13.4. The van der Waals surface area contributed by atoms with E-state index in [2.05, 4.69) is 43.1 Å². The van der Waals surface area contributed by atoms with E-state index in [1.165, 1.54) is 44.9 Å². The van der Waals surface area contributed by atoms with Gasteiger partial charge in [-0.3, -0.25) is 4.90 Å². The Morgan fingerprint density at radius 1 is 0.735 bits per heavy atom. The second kappa shape index (κ2) is 15.3. The quantitative estimate of drug-likeness (QED) is 0.292. The number of hydrogen-bond acceptors (Lipinski definition) is 4. The van der Waals surface area contributed by atoms with Crippen molar-refractivity contribution in [3.05, 3.63) is 71.8 Å². The Bertz CT molecular complexity index is 769. The fourth-order valence-electron chi connectivity index (χ4n) is 5.02. The van der Waals surface area contributed by atoms with Crippen molar-refractivity contribution < 1.29 is 14.6 Å². The molecule has 1 aliphatic rings. The topological polar surface area (TPSA) is 41.9 Å². The lowest BCUT2D eigenvalue weighted by Crippen LogP contribution is -2.47. The average Bonchev–Trinajstić information content (AvgIpc) is 3.19. The van der Waals surface area contributed by atoms with Crippen molar-refractivity contribution >= 4 is 0 Å². The van der Waals surface area contributed by atoms with Crippen LogP contribution in [0.5, 0.6) is 0 Å². The smallest absolute Gasteiger partial charge is 0.0982 e. The minimum absolute atomic E-state index is 0.0463. The van der Waals surface area contributed by atoms with Gasteiger partial charge in [-0.05, 0) is 31.1 Å². The molecule has 2 aromatic rings. The molecular formula is C30H45NO3. The predicted molar refractivity (Wildman–Crippen MR) is 140 cm³/mol. The number of benzene rings is 2. The number of rotatable bonds is 16. The van der Waals surface area contributed by atoms with Crippen molar-refractivity contribution in [1.29, 1.82) is 0 Å². The van der Waals surface area contributed by atoms with E-state index < -0.39 is 6.10 Å². The van der Waals surface area contributed by atoms with Gasteiger partial charge >= 0.3 is 0 Å². The highest BCUT2D eigenvalue weighted by Gasteiger charge is 2.45. The zero-order valence-corrected chi connectivity index (χ0v) is 21.3. The van der Waals surface area contributed by atoms with E-state index >= 15 is 0 Å². The van der Waals surface area contributed by atoms with Crippen molar-refractivity contribution in [2.75, 3.05) is 13.6 Å². The molecule has 0 aromatic heterocycles. The van der Waals surface area contributed by atoms with Crippen LogP contribution in [0.3, 0.4) is 0 Å². The van der Waals surface area contributed by atoms with Crippen molar-refractivity contribution in [2.24, 2.45) is 0 Å². The summed E-state index contributed by atoms with van der Waals surface area (Å²) in [5.74, 6) is 0. The Morgan fingerprint density at radius 3 is 1.79 bits per heavy atom. The van der Waals surface area contributed by atoms with Gasteiger partial charge in [0.2, 0.25) is 0 Å². The number of nitrogens with zero attached hydrogens (tertiary/aromatic N) is 1. The molecule has 2 aromatic carbocycles. The summed E-state index contributed by atoms with van der Waals surface area (Å²) in [4.78, 5) is 2.31. The lowest BCUT2D eigenvalue weighted by molar-refractivity contribution is -0.0532. The van der Waals surface area contributed by atoms with Gasteiger partial charge in [0.05, 0.1) is 37.6 Å². The van der Waals surface area contributed by atoms with Crippen molar-refractivity contribution in [3.63, 3.8) is 0 Å². The summed E-state index contributed by atoms with van der Waals surface area (Å²) in [6.07, 6.45) is 10.4. The Balaban J connectivity index is 1.51. The molecule has 1 N–H and O–H groups in total. The summed E-state index contributed by atoms with van der Waals surface area (Å²) >= 11 is 0. The Morgan fingerprint density at radius 2 is 1.24 bits per heavy atom. The molecule has 0 saturated heterocycles. The van der Waals surface area contributed by atoms with Crippen LogP contribution < -0.4 is 0 Å². The first kappa shape index (κ1) is 26.9. The van der Waals surface area contributed by atoms with Gasteiger partial charge in [0, 0.05) is 6.42 Å². The summed E-state index contributed by atoms with van der Waals surface area (Å²) in [5, 5.41) is 11.2. The Kier molecular flexibility index (Phi) is 12.1. The van der Waals surface area contributed by atoms with Crippen LogP contribution in [0.25, 0.3) is 0 Å². The van der Waals surface area contributed by atoms with Gasteiger partial charge in [-0.15, -0.1) is 0 Å². The third-order valence-electron chi connectivity index (χ3n) is 7.06. The fourth-order valence-corrected chi connectivity index (χ4v) is 5.02. The van der Waals surface area contributed by atoms with Crippen LogP contribution in [0, 0.1) is 0 Å². The van der Waals surface area contributed by atoms with Crippen LogP contribution in [-0.2, 0) is 22.7 Å². The molecule has 34 heavy (non-hydrogen) atoms. The van der Waals surface area contributed by atoms with E-state index in [0.717, 1.165) is 24.1 Å². The number of aliphatic hydroxyl groups is 1. The average molecular weight is 468 g/mol. The second-order valence-corrected chi connectivity index (χ2v) is 9.84. The molecule has 4 heteroatoms. The molecule has 0 aliphatic heterocycles. The van der Waals surface area contributed by atoms with Gasteiger partial charge < -0.3 is 14.6 Å². The van der Waals surface area contributed by atoms with Crippen LogP contribution in [0.15, 0.2) is 60.7 Å². The van der Waals surface area contributed by atoms with Crippen molar-refractivity contribution in [3.8, 4) is 0 Å². The molecule has 4 nitrogen and oxygen atoms in total. The second-order valence-electron chi connectivity index (χ2n) is 9.84. The fraction of sp³-hybridized carbons (Fsp3) is 0.600. The van der Waals surface area contributed by atoms with Crippen LogP contribution in [0.4, 0.5) is 0 Å². The standard InChI is InChI=1S/C30H45NO3/c1-3-4-5-6-7-8-9-16-21-31(2)29-27(33-23-25-17-12-10-13-18-25)22-28(30(29)32)34-24-26-19-14-11-15-20-26/h10-15,17-20,27-30,32H,3-9,16,21-24H2,1-2H3/t27-,28+,29+,30+/m1/s1. The highest BCUT2D eigenvalue weighted by atomic mass is 16.5. The molecule has 0 unspecified atom stereocenters. The van der Waals surface area contributed by atoms with Crippen LogP contribution >= 0.6 is 0 Å². The molecule has 0 bridgehead atoms. The number of unbranched alkanes of at least 4 members (excludes halogenated alkanes) is 7. The molecule has 1 fully saturated rings. The highest BCUT2D eigenvalue weighted by Crippen LogP contribution is 2.31. The number of ether oxygens (including phenoxy) is 2. The van der Waals surface area contributed by atoms with Crippen LogP contribution in [0.1, 0.15) is 75.8 Å². The number of hydrogen-bond donors (Lipinski definition) is 1. The predicted octanol–water partition coefficient (Wildman–Crippen LogP) is 6.36. The third-order valence-corrected chi connectivity index (χ3v) is 7.06. The molecule has 0 amide bonds. The molecule has 0 spiro atoms. The Labute approximate surface area is 207 Å². The minimum Gasteiger partial charge on any atom is -0.389 e.